The Morgan fingerprint density at radius 1 is 1.39 bits per heavy atom. The smallest absolute Gasteiger partial charge is 0.0377 e. The average Bonchev–Trinajstić information content (AvgIpc) is 2.40. The first-order chi connectivity index (χ1) is 8.70. The van der Waals surface area contributed by atoms with Crippen LogP contribution in [0.1, 0.15) is 19.4 Å². The molecule has 0 spiro atoms. The van der Waals surface area contributed by atoms with Gasteiger partial charge < -0.3 is 0 Å². The largest absolute Gasteiger partial charge is 0.271 e. The van der Waals surface area contributed by atoms with Crippen molar-refractivity contribution in [3.05, 3.63) is 30.1 Å². The second-order valence-corrected chi connectivity index (χ2v) is 7.78. The van der Waals surface area contributed by atoms with Gasteiger partial charge in [0.1, 0.15) is 0 Å². The number of aromatic nitrogens is 1. The van der Waals surface area contributed by atoms with Gasteiger partial charge in [-0.1, -0.05) is 13.8 Å². The molecule has 4 atom stereocenters. The van der Waals surface area contributed by atoms with E-state index in [0.29, 0.717) is 16.5 Å². The van der Waals surface area contributed by atoms with Gasteiger partial charge in [-0.05, 0) is 24.1 Å². The maximum atomic E-state index is 5.74. The quantitative estimate of drug-likeness (QED) is 0.654. The molecule has 18 heavy (non-hydrogen) atoms. The van der Waals surface area contributed by atoms with E-state index in [1.54, 1.807) is 0 Å². The van der Waals surface area contributed by atoms with Gasteiger partial charge in [0, 0.05) is 39.9 Å². The number of nitrogens with two attached hydrogens (primary N) is 1. The summed E-state index contributed by atoms with van der Waals surface area (Å²) < 4.78 is 0. The van der Waals surface area contributed by atoms with Crippen LogP contribution in [0.4, 0.5) is 0 Å². The van der Waals surface area contributed by atoms with Gasteiger partial charge in [0.05, 0.1) is 0 Å². The van der Waals surface area contributed by atoms with Crippen LogP contribution in [-0.2, 0) is 6.42 Å². The average molecular weight is 283 g/mol. The first-order valence-corrected chi connectivity index (χ1v) is 8.32. The molecule has 3 N–H and O–H groups in total. The molecule has 0 radical (unpaired) electrons. The molecule has 2 heterocycles. The second-order valence-electron chi connectivity index (χ2n) is 4.75. The SMILES string of the molecule is CC1SCC(C(Cc2ccncc2)NN)SC1C. The minimum atomic E-state index is 0.333. The van der Waals surface area contributed by atoms with Crippen molar-refractivity contribution in [1.82, 2.24) is 10.4 Å². The molecule has 3 nitrogen and oxygen atoms in total. The van der Waals surface area contributed by atoms with Crippen molar-refractivity contribution in [2.75, 3.05) is 5.75 Å². The zero-order valence-electron chi connectivity index (χ0n) is 10.9. The summed E-state index contributed by atoms with van der Waals surface area (Å²) in [5.74, 6) is 6.92. The molecule has 1 aliphatic heterocycles. The topological polar surface area (TPSA) is 50.9 Å². The fraction of sp³-hybridized carbons (Fsp3) is 0.615. The fourth-order valence-corrected chi connectivity index (χ4v) is 5.20. The van der Waals surface area contributed by atoms with E-state index in [0.717, 1.165) is 11.7 Å². The molecule has 1 fully saturated rings. The zero-order chi connectivity index (χ0) is 13.0. The highest BCUT2D eigenvalue weighted by atomic mass is 32.2. The van der Waals surface area contributed by atoms with Crippen molar-refractivity contribution in [2.45, 2.75) is 42.1 Å². The Balaban J connectivity index is 1.97. The summed E-state index contributed by atoms with van der Waals surface area (Å²) in [5, 5.41) is 2.02. The molecule has 0 aromatic carbocycles. The first-order valence-electron chi connectivity index (χ1n) is 6.32. The molecule has 1 saturated heterocycles. The summed E-state index contributed by atoms with van der Waals surface area (Å²) in [6, 6.07) is 4.47. The Kier molecular flexibility index (Phi) is 5.36. The number of rotatable bonds is 4. The summed E-state index contributed by atoms with van der Waals surface area (Å²) >= 11 is 4.13. The predicted octanol–water partition coefficient (Wildman–Crippen LogP) is 2.08. The summed E-state index contributed by atoms with van der Waals surface area (Å²) in [4.78, 5) is 4.05. The first kappa shape index (κ1) is 14.2. The van der Waals surface area contributed by atoms with Crippen molar-refractivity contribution in [1.29, 1.82) is 0 Å². The molecule has 0 bridgehead atoms. The highest BCUT2D eigenvalue weighted by molar-refractivity contribution is 8.07. The fourth-order valence-electron chi connectivity index (χ4n) is 2.09. The van der Waals surface area contributed by atoms with Crippen LogP contribution in [0, 0.1) is 0 Å². The van der Waals surface area contributed by atoms with Gasteiger partial charge in [0.15, 0.2) is 0 Å². The van der Waals surface area contributed by atoms with Crippen molar-refractivity contribution in [3.63, 3.8) is 0 Å². The molecule has 2 rings (SSSR count). The summed E-state index contributed by atoms with van der Waals surface area (Å²) in [6.45, 7) is 4.63. The lowest BCUT2D eigenvalue weighted by Gasteiger charge is -2.35. The van der Waals surface area contributed by atoms with Gasteiger partial charge in [0.25, 0.3) is 0 Å². The standard InChI is InChI=1S/C13H21N3S2/c1-9-10(2)18-13(8-17-9)12(16-14)7-11-3-5-15-6-4-11/h3-6,9-10,12-13,16H,7-8,14H2,1-2H3. The van der Waals surface area contributed by atoms with Gasteiger partial charge >= 0.3 is 0 Å². The van der Waals surface area contributed by atoms with Gasteiger partial charge in [-0.2, -0.15) is 23.5 Å². The van der Waals surface area contributed by atoms with Gasteiger partial charge in [-0.15, -0.1) is 0 Å². The van der Waals surface area contributed by atoms with Crippen molar-refractivity contribution < 1.29 is 0 Å². The Hall–Kier alpha value is -0.230. The van der Waals surface area contributed by atoms with Crippen LogP contribution >= 0.6 is 23.5 Å². The van der Waals surface area contributed by atoms with Crippen LogP contribution < -0.4 is 11.3 Å². The van der Waals surface area contributed by atoms with Gasteiger partial charge in [-0.25, -0.2) is 0 Å². The van der Waals surface area contributed by atoms with E-state index in [2.05, 4.69) is 59.9 Å². The lowest BCUT2D eigenvalue weighted by molar-refractivity contribution is 0.521. The maximum Gasteiger partial charge on any atom is 0.0377 e. The number of nitrogens with one attached hydrogen (secondary N) is 1. The van der Waals surface area contributed by atoms with Crippen LogP contribution in [0.15, 0.2) is 24.5 Å². The van der Waals surface area contributed by atoms with Crippen LogP contribution in [0.5, 0.6) is 0 Å². The molecule has 0 aliphatic carbocycles. The predicted molar refractivity (Wildman–Crippen MR) is 81.8 cm³/mol. The third kappa shape index (κ3) is 3.63. The summed E-state index contributed by atoms with van der Waals surface area (Å²) in [7, 11) is 0. The van der Waals surface area contributed by atoms with E-state index in [1.807, 2.05) is 12.4 Å². The monoisotopic (exact) mass is 283 g/mol. The van der Waals surface area contributed by atoms with E-state index in [9.17, 15) is 0 Å². The molecule has 5 heteroatoms. The Morgan fingerprint density at radius 3 is 2.72 bits per heavy atom. The number of nitrogens with zero attached hydrogens (tertiary/aromatic N) is 1. The Labute approximate surface area is 118 Å². The minimum Gasteiger partial charge on any atom is -0.271 e. The van der Waals surface area contributed by atoms with Crippen molar-refractivity contribution in [2.24, 2.45) is 5.84 Å². The summed E-state index contributed by atoms with van der Waals surface area (Å²) in [5.41, 5.74) is 4.30. The normalized spacial score (nSPS) is 30.1. The molecule has 0 amide bonds. The number of hydrazine groups is 1. The lowest BCUT2D eigenvalue weighted by Crippen LogP contribution is -2.47. The number of pyridine rings is 1. The highest BCUT2D eigenvalue weighted by Gasteiger charge is 2.30. The van der Waals surface area contributed by atoms with Crippen molar-refractivity contribution >= 4 is 23.5 Å². The molecule has 0 saturated carbocycles. The highest BCUT2D eigenvalue weighted by Crippen LogP contribution is 2.37. The van der Waals surface area contributed by atoms with Crippen molar-refractivity contribution in [3.8, 4) is 0 Å². The number of thioether (sulfide) groups is 2. The third-order valence-electron chi connectivity index (χ3n) is 3.44. The molecule has 1 aromatic heterocycles. The number of hydrogen-bond acceptors (Lipinski definition) is 5. The minimum absolute atomic E-state index is 0.333. The van der Waals surface area contributed by atoms with E-state index in [1.165, 1.54) is 11.3 Å². The van der Waals surface area contributed by atoms with Crippen LogP contribution in [0.25, 0.3) is 0 Å². The van der Waals surface area contributed by atoms with Crippen LogP contribution in [0.2, 0.25) is 0 Å². The van der Waals surface area contributed by atoms with Crippen LogP contribution in [-0.4, -0.2) is 32.5 Å². The van der Waals surface area contributed by atoms with E-state index in [4.69, 9.17) is 5.84 Å². The second kappa shape index (κ2) is 6.80. The molecule has 100 valence electrons. The Morgan fingerprint density at radius 2 is 2.11 bits per heavy atom. The maximum absolute atomic E-state index is 5.74. The Bertz CT molecular complexity index is 361. The number of hydrogen-bond donors (Lipinski definition) is 2. The van der Waals surface area contributed by atoms with E-state index in [-0.39, 0.29) is 0 Å². The lowest BCUT2D eigenvalue weighted by atomic mass is 10.1. The molecule has 4 unspecified atom stereocenters. The zero-order valence-corrected chi connectivity index (χ0v) is 12.5. The van der Waals surface area contributed by atoms with E-state index >= 15 is 0 Å². The van der Waals surface area contributed by atoms with E-state index < -0.39 is 0 Å². The molecule has 1 aliphatic rings. The molecule has 1 aromatic rings. The third-order valence-corrected chi connectivity index (χ3v) is 6.99. The van der Waals surface area contributed by atoms with Gasteiger partial charge in [-0.3, -0.25) is 16.3 Å². The molecular formula is C13H21N3S2. The summed E-state index contributed by atoms with van der Waals surface area (Å²) in [6.07, 6.45) is 4.66. The molecular weight excluding hydrogens is 262 g/mol. The van der Waals surface area contributed by atoms with Gasteiger partial charge in [0.2, 0.25) is 0 Å². The van der Waals surface area contributed by atoms with Crippen LogP contribution in [0.3, 0.4) is 0 Å².